The molecule has 1 aromatic carbocycles. The lowest BCUT2D eigenvalue weighted by Gasteiger charge is -2.01. The van der Waals surface area contributed by atoms with E-state index in [0.717, 1.165) is 5.56 Å². The van der Waals surface area contributed by atoms with Crippen molar-refractivity contribution in [2.24, 2.45) is 0 Å². The summed E-state index contributed by atoms with van der Waals surface area (Å²) in [6.07, 6.45) is 2.88. The first-order valence-corrected chi connectivity index (χ1v) is 4.39. The topological polar surface area (TPSA) is 69.2 Å². The van der Waals surface area contributed by atoms with Gasteiger partial charge >= 0.3 is 0 Å². The standard InChI is InChI=1S/C11H11NO3/c13-10(12-8-11(14)15)7-6-9-4-2-1-3-5-9/h1-7H,8H2,(H,12,13)(H,14,15)/p-1. The van der Waals surface area contributed by atoms with Gasteiger partial charge < -0.3 is 15.2 Å². The fraction of sp³-hybridized carbons (Fsp3) is 0.0909. The third-order valence-electron chi connectivity index (χ3n) is 1.63. The third-order valence-corrected chi connectivity index (χ3v) is 1.63. The number of carboxylic acid groups (broad SMARTS) is 1. The van der Waals surface area contributed by atoms with Gasteiger partial charge in [-0.3, -0.25) is 4.79 Å². The first-order chi connectivity index (χ1) is 7.18. The fourth-order valence-electron chi connectivity index (χ4n) is 0.954. The maximum atomic E-state index is 11.0. The predicted octanol–water partition coefficient (Wildman–Crippen LogP) is -0.434. The van der Waals surface area contributed by atoms with Crippen LogP contribution >= 0.6 is 0 Å². The lowest BCUT2D eigenvalue weighted by molar-refractivity contribution is -0.303. The maximum absolute atomic E-state index is 11.0. The minimum atomic E-state index is -1.31. The van der Waals surface area contributed by atoms with E-state index in [0.29, 0.717) is 0 Å². The molecule has 0 atom stereocenters. The van der Waals surface area contributed by atoms with Crippen molar-refractivity contribution < 1.29 is 14.7 Å². The fourth-order valence-corrected chi connectivity index (χ4v) is 0.954. The summed E-state index contributed by atoms with van der Waals surface area (Å²) < 4.78 is 0. The van der Waals surface area contributed by atoms with Crippen LogP contribution in [0.25, 0.3) is 6.08 Å². The van der Waals surface area contributed by atoms with Gasteiger partial charge in [0.2, 0.25) is 5.91 Å². The second-order valence-corrected chi connectivity index (χ2v) is 2.83. The molecule has 0 aliphatic heterocycles. The molecule has 4 nitrogen and oxygen atoms in total. The van der Waals surface area contributed by atoms with Gasteiger partial charge in [0.15, 0.2) is 0 Å². The third kappa shape index (κ3) is 4.61. The molecule has 0 saturated carbocycles. The van der Waals surface area contributed by atoms with Gasteiger partial charge in [0.25, 0.3) is 0 Å². The summed E-state index contributed by atoms with van der Waals surface area (Å²) in [5.41, 5.74) is 0.876. The van der Waals surface area contributed by atoms with Crippen molar-refractivity contribution in [2.75, 3.05) is 6.54 Å². The molecule has 0 aliphatic rings. The largest absolute Gasteiger partial charge is 0.548 e. The Morgan fingerprint density at radius 1 is 1.27 bits per heavy atom. The Labute approximate surface area is 87.2 Å². The molecule has 4 heteroatoms. The van der Waals surface area contributed by atoms with Crippen LogP contribution in [0.5, 0.6) is 0 Å². The highest BCUT2D eigenvalue weighted by Crippen LogP contribution is 2.00. The minimum absolute atomic E-state index is 0.456. The van der Waals surface area contributed by atoms with Crippen molar-refractivity contribution in [3.63, 3.8) is 0 Å². The number of benzene rings is 1. The van der Waals surface area contributed by atoms with Gasteiger partial charge in [-0.15, -0.1) is 0 Å². The molecule has 0 bridgehead atoms. The van der Waals surface area contributed by atoms with Crippen LogP contribution in [-0.2, 0) is 9.59 Å². The Balaban J connectivity index is 2.44. The molecule has 0 aliphatic carbocycles. The zero-order chi connectivity index (χ0) is 11.1. The second kappa shape index (κ2) is 5.59. The number of hydrogen-bond donors (Lipinski definition) is 1. The number of nitrogens with one attached hydrogen (secondary N) is 1. The monoisotopic (exact) mass is 204 g/mol. The van der Waals surface area contributed by atoms with Gasteiger partial charge in [0, 0.05) is 6.08 Å². The summed E-state index contributed by atoms with van der Waals surface area (Å²) in [6.45, 7) is -0.474. The zero-order valence-electron chi connectivity index (χ0n) is 7.97. The average molecular weight is 204 g/mol. The van der Waals surface area contributed by atoms with Gasteiger partial charge in [0.1, 0.15) is 0 Å². The molecule has 1 amide bonds. The van der Waals surface area contributed by atoms with Gasteiger partial charge in [-0.25, -0.2) is 0 Å². The van der Waals surface area contributed by atoms with E-state index in [9.17, 15) is 14.7 Å². The molecule has 0 spiro atoms. The lowest BCUT2D eigenvalue weighted by Crippen LogP contribution is -2.36. The van der Waals surface area contributed by atoms with E-state index in [4.69, 9.17) is 0 Å². The Kier molecular flexibility index (Phi) is 4.09. The molecule has 78 valence electrons. The van der Waals surface area contributed by atoms with Crippen LogP contribution in [0.1, 0.15) is 5.56 Å². The van der Waals surface area contributed by atoms with Crippen LogP contribution in [0, 0.1) is 0 Å². The van der Waals surface area contributed by atoms with Crippen LogP contribution in [0.15, 0.2) is 36.4 Å². The van der Waals surface area contributed by atoms with E-state index >= 15 is 0 Å². The number of hydrogen-bond acceptors (Lipinski definition) is 3. The highest BCUT2D eigenvalue weighted by molar-refractivity contribution is 5.93. The molecule has 15 heavy (non-hydrogen) atoms. The molecular formula is C11H10NO3-. The van der Waals surface area contributed by atoms with Crippen LogP contribution in [0.3, 0.4) is 0 Å². The van der Waals surface area contributed by atoms with E-state index in [1.165, 1.54) is 6.08 Å². The Bertz CT molecular complexity index is 371. The molecule has 1 aromatic rings. The normalized spacial score (nSPS) is 10.1. The molecule has 0 heterocycles. The SMILES string of the molecule is O=C([O-])CNC(=O)C=Cc1ccccc1. The van der Waals surface area contributed by atoms with Crippen LogP contribution in [0.2, 0.25) is 0 Å². The molecule has 1 N–H and O–H groups in total. The van der Waals surface area contributed by atoms with Crippen molar-refractivity contribution in [1.29, 1.82) is 0 Å². The summed E-state index contributed by atoms with van der Waals surface area (Å²) in [6, 6.07) is 9.23. The van der Waals surface area contributed by atoms with Gasteiger partial charge in [-0.05, 0) is 11.6 Å². The molecule has 1 rings (SSSR count). The highest BCUT2D eigenvalue weighted by Gasteiger charge is 1.93. The zero-order valence-corrected chi connectivity index (χ0v) is 7.97. The van der Waals surface area contributed by atoms with Crippen molar-refractivity contribution in [3.05, 3.63) is 42.0 Å². The summed E-state index contributed by atoms with van der Waals surface area (Å²) in [4.78, 5) is 21.1. The highest BCUT2D eigenvalue weighted by atomic mass is 16.4. The molecular weight excluding hydrogens is 194 g/mol. The number of carbonyl (C=O) groups excluding carboxylic acids is 2. The Morgan fingerprint density at radius 3 is 2.53 bits per heavy atom. The summed E-state index contributed by atoms with van der Waals surface area (Å²) >= 11 is 0. The van der Waals surface area contributed by atoms with E-state index < -0.39 is 18.4 Å². The summed E-state index contributed by atoms with van der Waals surface area (Å²) in [5, 5.41) is 12.2. The van der Waals surface area contributed by atoms with E-state index in [2.05, 4.69) is 5.32 Å². The van der Waals surface area contributed by atoms with E-state index in [1.807, 2.05) is 30.3 Å². The van der Waals surface area contributed by atoms with Gasteiger partial charge in [0.05, 0.1) is 12.5 Å². The summed E-state index contributed by atoms with van der Waals surface area (Å²) in [7, 11) is 0. The van der Waals surface area contributed by atoms with Crippen LogP contribution < -0.4 is 10.4 Å². The molecule has 0 radical (unpaired) electrons. The molecule has 0 aromatic heterocycles. The molecule has 0 unspecified atom stereocenters. The minimum Gasteiger partial charge on any atom is -0.548 e. The molecule has 0 saturated heterocycles. The van der Waals surface area contributed by atoms with Crippen molar-refractivity contribution >= 4 is 18.0 Å². The van der Waals surface area contributed by atoms with E-state index in [-0.39, 0.29) is 0 Å². The van der Waals surface area contributed by atoms with Gasteiger partial charge in [-0.2, -0.15) is 0 Å². The maximum Gasteiger partial charge on any atom is 0.244 e. The first-order valence-electron chi connectivity index (χ1n) is 4.39. The number of aliphatic carboxylic acids is 1. The number of rotatable bonds is 4. The number of carboxylic acids is 1. The number of carbonyl (C=O) groups is 2. The van der Waals surface area contributed by atoms with Crippen molar-refractivity contribution in [3.8, 4) is 0 Å². The Morgan fingerprint density at radius 2 is 1.93 bits per heavy atom. The molecule has 0 fully saturated rings. The van der Waals surface area contributed by atoms with E-state index in [1.54, 1.807) is 6.08 Å². The quantitative estimate of drug-likeness (QED) is 0.676. The second-order valence-electron chi connectivity index (χ2n) is 2.83. The predicted molar refractivity (Wildman–Crippen MR) is 53.5 cm³/mol. The van der Waals surface area contributed by atoms with Crippen LogP contribution in [-0.4, -0.2) is 18.4 Å². The van der Waals surface area contributed by atoms with Crippen molar-refractivity contribution in [2.45, 2.75) is 0 Å². The lowest BCUT2D eigenvalue weighted by atomic mass is 10.2. The van der Waals surface area contributed by atoms with Crippen LogP contribution in [0.4, 0.5) is 0 Å². The van der Waals surface area contributed by atoms with Gasteiger partial charge in [-0.1, -0.05) is 30.3 Å². The smallest absolute Gasteiger partial charge is 0.244 e. The number of amides is 1. The summed E-state index contributed by atoms with van der Waals surface area (Å²) in [5.74, 6) is -1.76. The van der Waals surface area contributed by atoms with Crippen molar-refractivity contribution in [1.82, 2.24) is 5.32 Å². The average Bonchev–Trinajstić information content (AvgIpc) is 2.25. The first kappa shape index (κ1) is 11.0. The Hall–Kier alpha value is -2.10.